The van der Waals surface area contributed by atoms with Crippen LogP contribution in [0.25, 0.3) is 0 Å². The Labute approximate surface area is 385 Å². The molecular formula is C49H72N10O6. The van der Waals surface area contributed by atoms with E-state index in [2.05, 4.69) is 11.9 Å². The minimum absolute atomic E-state index is 0.0153. The van der Waals surface area contributed by atoms with E-state index in [0.717, 1.165) is 16.7 Å². The first kappa shape index (κ1) is 53.4. The summed E-state index contributed by atoms with van der Waals surface area (Å²) in [5, 5.41) is 3.33. The Bertz CT molecular complexity index is 1870. The van der Waals surface area contributed by atoms with E-state index >= 15 is 0 Å². The molecule has 6 amide bonds. The van der Waals surface area contributed by atoms with Crippen LogP contribution in [-0.2, 0) is 28.8 Å². The van der Waals surface area contributed by atoms with E-state index in [1.54, 1.807) is 4.90 Å². The van der Waals surface area contributed by atoms with E-state index in [-0.39, 0.29) is 83.3 Å². The zero-order valence-corrected chi connectivity index (χ0v) is 38.2. The maximum Gasteiger partial charge on any atom is 0.242 e. The van der Waals surface area contributed by atoms with E-state index in [1.807, 2.05) is 97.9 Å². The van der Waals surface area contributed by atoms with Gasteiger partial charge in [-0.15, -0.1) is 6.58 Å². The average Bonchev–Trinajstić information content (AvgIpc) is 3.31. The third-order valence-electron chi connectivity index (χ3n) is 11.1. The van der Waals surface area contributed by atoms with Gasteiger partial charge in [-0.2, -0.15) is 0 Å². The monoisotopic (exact) mass is 897 g/mol. The Morgan fingerprint density at radius 2 is 0.892 bits per heavy atom. The van der Waals surface area contributed by atoms with Crippen molar-refractivity contribution in [2.45, 2.75) is 57.4 Å². The first-order valence-electron chi connectivity index (χ1n) is 22.7. The number of carbonyl (C=O) groups is 6. The van der Waals surface area contributed by atoms with Gasteiger partial charge in [0.1, 0.15) is 6.54 Å². The van der Waals surface area contributed by atoms with Gasteiger partial charge < -0.3 is 52.8 Å². The standard InChI is InChI=1S/C49H72N10O6/c1-3-28-55(35-48(64)57(30-17-14-26-51)37-47(63)56(34-44(53)60)29-16-13-25-50)46(62)36-58(31-18-15-27-52)49(65)38-59(45(61)32-54-39(2)40-19-7-4-8-20-40)33-43(41-21-9-5-10-22-41)42-23-11-6-12-24-42/h3-12,19-24,39,43,54H,1,13-18,25-38,50-52H2,2H3,(H2,53,60). The third kappa shape index (κ3) is 19.4. The molecule has 0 heterocycles. The van der Waals surface area contributed by atoms with Crippen LogP contribution < -0.4 is 28.3 Å². The van der Waals surface area contributed by atoms with E-state index in [4.69, 9.17) is 22.9 Å². The molecule has 0 aliphatic carbocycles. The van der Waals surface area contributed by atoms with Crippen LogP contribution in [0.4, 0.5) is 0 Å². The summed E-state index contributed by atoms with van der Waals surface area (Å²) in [5.41, 5.74) is 25.6. The molecule has 0 bridgehead atoms. The summed E-state index contributed by atoms with van der Waals surface area (Å²) >= 11 is 0. The number of carbonyl (C=O) groups excluding carboxylic acids is 6. The molecule has 0 radical (unpaired) electrons. The number of hydrogen-bond acceptors (Lipinski definition) is 10. The van der Waals surface area contributed by atoms with Crippen LogP contribution in [0.1, 0.15) is 74.1 Å². The summed E-state index contributed by atoms with van der Waals surface area (Å²) < 4.78 is 0. The van der Waals surface area contributed by atoms with E-state index in [1.165, 1.54) is 25.7 Å². The van der Waals surface area contributed by atoms with Crippen LogP contribution in [-0.4, -0.2) is 152 Å². The first-order chi connectivity index (χ1) is 31.4. The van der Waals surface area contributed by atoms with Crippen LogP contribution >= 0.6 is 0 Å². The first-order valence-corrected chi connectivity index (χ1v) is 22.7. The van der Waals surface area contributed by atoms with Crippen molar-refractivity contribution in [3.63, 3.8) is 0 Å². The van der Waals surface area contributed by atoms with Crippen molar-refractivity contribution in [2.24, 2.45) is 22.9 Å². The molecule has 0 aromatic heterocycles. The van der Waals surface area contributed by atoms with Gasteiger partial charge in [-0.3, -0.25) is 28.8 Å². The number of benzene rings is 3. The smallest absolute Gasteiger partial charge is 0.242 e. The SMILES string of the molecule is C=CCN(CC(=O)N(CCCCN)CC(=O)N(CCCCN)CC(N)=O)C(=O)CN(CCCCN)C(=O)CN(CC(c1ccccc1)c1ccccc1)C(=O)CNC(C)c1ccccc1. The molecule has 0 saturated carbocycles. The quantitative estimate of drug-likeness (QED) is 0.0453. The summed E-state index contributed by atoms with van der Waals surface area (Å²) in [7, 11) is 0. The van der Waals surface area contributed by atoms with E-state index < -0.39 is 36.1 Å². The lowest BCUT2D eigenvalue weighted by Crippen LogP contribution is -2.52. The van der Waals surface area contributed by atoms with Gasteiger partial charge in [-0.25, -0.2) is 0 Å². The second-order valence-corrected chi connectivity index (χ2v) is 16.1. The van der Waals surface area contributed by atoms with E-state index in [9.17, 15) is 28.8 Å². The van der Waals surface area contributed by atoms with Crippen molar-refractivity contribution in [1.82, 2.24) is 29.8 Å². The molecule has 3 aromatic carbocycles. The molecule has 0 aliphatic rings. The molecule has 0 spiro atoms. The van der Waals surface area contributed by atoms with Gasteiger partial charge in [0.25, 0.3) is 0 Å². The van der Waals surface area contributed by atoms with Crippen LogP contribution in [0.3, 0.4) is 0 Å². The van der Waals surface area contributed by atoms with Crippen LogP contribution in [0, 0.1) is 0 Å². The Balaban J connectivity index is 1.90. The minimum Gasteiger partial charge on any atom is -0.368 e. The Kier molecular flexibility index (Phi) is 24.8. The maximum absolute atomic E-state index is 14.5. The lowest BCUT2D eigenvalue weighted by molar-refractivity contribution is -0.147. The summed E-state index contributed by atoms with van der Waals surface area (Å²) in [5.74, 6) is -3.18. The molecular weight excluding hydrogens is 825 g/mol. The van der Waals surface area contributed by atoms with Crippen molar-refractivity contribution in [3.05, 3.63) is 120 Å². The lowest BCUT2D eigenvalue weighted by atomic mass is 9.90. The second kappa shape index (κ2) is 30.2. The molecule has 0 fully saturated rings. The highest BCUT2D eigenvalue weighted by atomic mass is 16.2. The zero-order valence-electron chi connectivity index (χ0n) is 38.2. The Morgan fingerprint density at radius 1 is 0.523 bits per heavy atom. The fraction of sp³-hybridized carbons (Fsp3) is 0.469. The van der Waals surface area contributed by atoms with Gasteiger partial charge >= 0.3 is 0 Å². The number of nitrogens with two attached hydrogens (primary N) is 4. The molecule has 1 atom stereocenters. The predicted octanol–water partition coefficient (Wildman–Crippen LogP) is 2.20. The highest BCUT2D eigenvalue weighted by Gasteiger charge is 2.30. The molecule has 9 N–H and O–H groups in total. The molecule has 354 valence electrons. The highest BCUT2D eigenvalue weighted by molar-refractivity contribution is 5.92. The zero-order chi connectivity index (χ0) is 47.4. The van der Waals surface area contributed by atoms with Crippen molar-refractivity contribution in [2.75, 3.05) is 91.6 Å². The number of rotatable bonds is 32. The summed E-state index contributed by atoms with van der Waals surface area (Å²) in [6.07, 6.45) is 4.85. The van der Waals surface area contributed by atoms with Crippen molar-refractivity contribution in [1.29, 1.82) is 0 Å². The number of primary amides is 1. The summed E-state index contributed by atoms with van der Waals surface area (Å²) in [6.45, 7) is 5.94. The van der Waals surface area contributed by atoms with Crippen LogP contribution in [0.2, 0.25) is 0 Å². The summed E-state index contributed by atoms with van der Waals surface area (Å²) in [4.78, 5) is 89.4. The largest absolute Gasteiger partial charge is 0.368 e. The normalized spacial score (nSPS) is 11.4. The van der Waals surface area contributed by atoms with Gasteiger partial charge in [0.05, 0.1) is 32.7 Å². The van der Waals surface area contributed by atoms with Gasteiger partial charge in [0.2, 0.25) is 35.4 Å². The molecule has 3 aromatic rings. The van der Waals surface area contributed by atoms with Crippen molar-refractivity contribution < 1.29 is 28.8 Å². The van der Waals surface area contributed by atoms with Gasteiger partial charge in [0.15, 0.2) is 0 Å². The number of unbranched alkanes of at least 4 members (excludes halogenated alkanes) is 3. The number of nitrogens with zero attached hydrogens (tertiary/aromatic N) is 5. The lowest BCUT2D eigenvalue weighted by Gasteiger charge is -2.32. The topological polar surface area (TPSA) is 235 Å². The van der Waals surface area contributed by atoms with Crippen LogP contribution in [0.15, 0.2) is 104 Å². The van der Waals surface area contributed by atoms with Crippen molar-refractivity contribution in [3.8, 4) is 0 Å². The third-order valence-corrected chi connectivity index (χ3v) is 11.1. The molecule has 16 heteroatoms. The number of hydrogen-bond donors (Lipinski definition) is 5. The average molecular weight is 897 g/mol. The Morgan fingerprint density at radius 3 is 1.29 bits per heavy atom. The summed E-state index contributed by atoms with van der Waals surface area (Å²) in [6, 6.07) is 29.2. The molecule has 1 unspecified atom stereocenters. The van der Waals surface area contributed by atoms with Gasteiger partial charge in [-0.1, -0.05) is 97.1 Å². The number of nitrogens with one attached hydrogen (secondary N) is 1. The molecule has 0 aliphatic heterocycles. The van der Waals surface area contributed by atoms with Crippen molar-refractivity contribution >= 4 is 35.4 Å². The maximum atomic E-state index is 14.5. The molecule has 3 rings (SSSR count). The molecule has 0 saturated heterocycles. The molecule has 16 nitrogen and oxygen atoms in total. The van der Waals surface area contributed by atoms with Gasteiger partial charge in [0, 0.05) is 44.7 Å². The minimum atomic E-state index is -0.686. The fourth-order valence-corrected chi connectivity index (χ4v) is 7.33. The van der Waals surface area contributed by atoms with Gasteiger partial charge in [-0.05, 0) is 81.8 Å². The predicted molar refractivity (Wildman–Crippen MR) is 255 cm³/mol. The Hall–Kier alpha value is -5.94. The van der Waals surface area contributed by atoms with E-state index in [0.29, 0.717) is 58.2 Å². The molecule has 65 heavy (non-hydrogen) atoms. The highest BCUT2D eigenvalue weighted by Crippen LogP contribution is 2.26. The van der Waals surface area contributed by atoms with Crippen LogP contribution in [0.5, 0.6) is 0 Å². The fourth-order valence-electron chi connectivity index (χ4n) is 7.33. The number of amides is 6. The second-order valence-electron chi connectivity index (χ2n) is 16.1.